The number of carboxylic acid groups (broad SMARTS) is 1. The Morgan fingerprint density at radius 3 is 2.57 bits per heavy atom. The fraction of sp³-hybridized carbons (Fsp3) is 0.375. The molecule has 1 saturated heterocycles. The van der Waals surface area contributed by atoms with Gasteiger partial charge < -0.3 is 20.1 Å². The van der Waals surface area contributed by atoms with Crippen LogP contribution in [0.15, 0.2) is 18.2 Å². The molecule has 1 aliphatic rings. The van der Waals surface area contributed by atoms with Crippen molar-refractivity contribution in [2.24, 2.45) is 5.92 Å². The molecule has 8 nitrogen and oxygen atoms in total. The molecular formula is C16H14ClF3N2O6. The van der Waals surface area contributed by atoms with Gasteiger partial charge in [-0.3, -0.25) is 19.2 Å². The summed E-state index contributed by atoms with van der Waals surface area (Å²) in [7, 11) is 0. The van der Waals surface area contributed by atoms with Gasteiger partial charge in [-0.05, 0) is 17.7 Å². The molecule has 1 atom stereocenters. The molecule has 1 unspecified atom stereocenters. The first kappa shape index (κ1) is 21.5. The number of amides is 2. The van der Waals surface area contributed by atoms with Gasteiger partial charge in [-0.15, -0.1) is 13.2 Å². The van der Waals surface area contributed by atoms with E-state index in [2.05, 4.69) is 4.74 Å². The molecule has 0 bridgehead atoms. The van der Waals surface area contributed by atoms with Crippen LogP contribution in [-0.4, -0.2) is 53.0 Å². The highest BCUT2D eigenvalue weighted by atomic mass is 35.5. The number of aliphatic carboxylic acids is 1. The lowest BCUT2D eigenvalue weighted by molar-refractivity contribution is -0.274. The van der Waals surface area contributed by atoms with Crippen LogP contribution in [0.4, 0.5) is 13.2 Å². The second kappa shape index (κ2) is 8.46. The minimum Gasteiger partial charge on any atom is -0.480 e. The molecule has 1 aliphatic heterocycles. The maximum atomic E-state index is 12.5. The lowest BCUT2D eigenvalue weighted by Crippen LogP contribution is -2.52. The number of hydrogen-bond donors (Lipinski definition) is 2. The second-order valence-corrected chi connectivity index (χ2v) is 6.24. The summed E-state index contributed by atoms with van der Waals surface area (Å²) in [5.41, 5.74) is 0.354. The Hall–Kier alpha value is -2.82. The van der Waals surface area contributed by atoms with Gasteiger partial charge in [-0.1, -0.05) is 17.7 Å². The Kier molecular flexibility index (Phi) is 6.49. The third-order valence-corrected chi connectivity index (χ3v) is 4.08. The van der Waals surface area contributed by atoms with Crippen LogP contribution in [0.25, 0.3) is 0 Å². The van der Waals surface area contributed by atoms with Gasteiger partial charge in [0.1, 0.15) is 12.3 Å². The minimum absolute atomic E-state index is 0.00119. The topological polar surface area (TPSA) is 113 Å². The summed E-state index contributed by atoms with van der Waals surface area (Å²) in [4.78, 5) is 48.0. The van der Waals surface area contributed by atoms with Gasteiger partial charge in [-0.2, -0.15) is 0 Å². The van der Waals surface area contributed by atoms with Crippen LogP contribution >= 0.6 is 11.6 Å². The molecule has 1 fully saturated rings. The predicted molar refractivity (Wildman–Crippen MR) is 87.3 cm³/mol. The molecule has 0 aromatic heterocycles. The fourth-order valence-corrected chi connectivity index (χ4v) is 2.81. The number of carboxylic acids is 1. The van der Waals surface area contributed by atoms with E-state index in [9.17, 15) is 32.3 Å². The number of hydrogen-bond acceptors (Lipinski definition) is 5. The lowest BCUT2D eigenvalue weighted by Gasteiger charge is -2.30. The standard InChI is InChI=1S/C16H14ClF3N2O6/c17-9-5-8(1-2-11(9)28-16(18,19)20)7-22-4-3-10(23)13(15(22)27)14(26)21-6-12(24)25/h1-2,5,13H,3-4,6-7H2,(H,21,26)(H,24,25). The van der Waals surface area contributed by atoms with Crippen LogP contribution in [0.5, 0.6) is 5.75 Å². The van der Waals surface area contributed by atoms with E-state index < -0.39 is 48.1 Å². The molecule has 0 spiro atoms. The smallest absolute Gasteiger partial charge is 0.480 e. The average molecular weight is 423 g/mol. The molecule has 0 aliphatic carbocycles. The van der Waals surface area contributed by atoms with E-state index in [1.165, 1.54) is 17.0 Å². The van der Waals surface area contributed by atoms with Crippen LogP contribution in [-0.2, 0) is 25.7 Å². The zero-order chi connectivity index (χ0) is 21.1. The number of rotatable bonds is 6. The molecule has 2 amide bonds. The number of likely N-dealkylation sites (tertiary alicyclic amines) is 1. The van der Waals surface area contributed by atoms with Crippen molar-refractivity contribution < 1.29 is 42.2 Å². The molecule has 0 radical (unpaired) electrons. The van der Waals surface area contributed by atoms with E-state index >= 15 is 0 Å². The number of nitrogens with one attached hydrogen (secondary N) is 1. The normalized spacial score (nSPS) is 17.4. The van der Waals surface area contributed by atoms with Crippen molar-refractivity contribution in [2.45, 2.75) is 19.3 Å². The van der Waals surface area contributed by atoms with E-state index in [4.69, 9.17) is 16.7 Å². The van der Waals surface area contributed by atoms with Crippen LogP contribution in [0, 0.1) is 5.92 Å². The first-order valence-electron chi connectivity index (χ1n) is 7.83. The Morgan fingerprint density at radius 2 is 2.00 bits per heavy atom. The van der Waals surface area contributed by atoms with Gasteiger partial charge in [-0.25, -0.2) is 0 Å². The summed E-state index contributed by atoms with van der Waals surface area (Å²) in [5, 5.41) is 10.2. The van der Waals surface area contributed by atoms with E-state index in [0.29, 0.717) is 5.56 Å². The number of alkyl halides is 3. The number of carbonyl (C=O) groups is 4. The third-order valence-electron chi connectivity index (χ3n) is 3.78. The zero-order valence-electron chi connectivity index (χ0n) is 14.1. The Bertz CT molecular complexity index is 814. The Balaban J connectivity index is 2.10. The lowest BCUT2D eigenvalue weighted by atomic mass is 9.94. The maximum Gasteiger partial charge on any atom is 0.573 e. The number of ether oxygens (including phenoxy) is 1. The van der Waals surface area contributed by atoms with Crippen LogP contribution < -0.4 is 10.1 Å². The Morgan fingerprint density at radius 1 is 1.32 bits per heavy atom. The van der Waals surface area contributed by atoms with Gasteiger partial charge in [0.15, 0.2) is 11.7 Å². The number of halogens is 4. The largest absolute Gasteiger partial charge is 0.573 e. The molecule has 152 valence electrons. The first-order chi connectivity index (χ1) is 13.0. The molecule has 1 heterocycles. The van der Waals surface area contributed by atoms with Crippen molar-refractivity contribution in [1.29, 1.82) is 0 Å². The number of carbonyl (C=O) groups excluding carboxylic acids is 3. The number of ketones is 1. The fourth-order valence-electron chi connectivity index (χ4n) is 2.57. The number of piperidine rings is 1. The molecule has 28 heavy (non-hydrogen) atoms. The number of Topliss-reactive ketones (excluding diaryl/α,β-unsaturated/α-hetero) is 1. The van der Waals surface area contributed by atoms with Crippen LogP contribution in [0.3, 0.4) is 0 Å². The molecule has 2 rings (SSSR count). The summed E-state index contributed by atoms with van der Waals surface area (Å²) in [6, 6.07) is 3.42. The van der Waals surface area contributed by atoms with Gasteiger partial charge in [0.25, 0.3) is 0 Å². The minimum atomic E-state index is -4.91. The van der Waals surface area contributed by atoms with Crippen molar-refractivity contribution >= 4 is 35.2 Å². The summed E-state index contributed by atoms with van der Waals surface area (Å²) in [6.45, 7) is -0.855. The van der Waals surface area contributed by atoms with Gasteiger partial charge in [0.2, 0.25) is 11.8 Å². The Labute approximate surface area is 161 Å². The first-order valence-corrected chi connectivity index (χ1v) is 8.21. The quantitative estimate of drug-likeness (QED) is 0.669. The molecule has 2 N–H and O–H groups in total. The SMILES string of the molecule is O=C(O)CNC(=O)C1C(=O)CCN(Cc2ccc(OC(F)(F)F)c(Cl)c2)C1=O. The average Bonchev–Trinajstić information content (AvgIpc) is 2.57. The molecule has 0 saturated carbocycles. The van der Waals surface area contributed by atoms with Crippen LogP contribution in [0.2, 0.25) is 5.02 Å². The maximum absolute atomic E-state index is 12.5. The van der Waals surface area contributed by atoms with Crippen LogP contribution in [0.1, 0.15) is 12.0 Å². The molecule has 12 heteroatoms. The van der Waals surface area contributed by atoms with Crippen molar-refractivity contribution in [3.05, 3.63) is 28.8 Å². The molecular weight excluding hydrogens is 409 g/mol. The highest BCUT2D eigenvalue weighted by Gasteiger charge is 2.40. The highest BCUT2D eigenvalue weighted by Crippen LogP contribution is 2.31. The molecule has 1 aromatic rings. The summed E-state index contributed by atoms with van der Waals surface area (Å²) >= 11 is 5.76. The third kappa shape index (κ3) is 5.59. The van der Waals surface area contributed by atoms with E-state index in [1.54, 1.807) is 0 Å². The summed E-state index contributed by atoms with van der Waals surface area (Å²) < 4.78 is 40.6. The monoisotopic (exact) mass is 422 g/mol. The van der Waals surface area contributed by atoms with Crippen molar-refractivity contribution in [3.63, 3.8) is 0 Å². The van der Waals surface area contributed by atoms with Gasteiger partial charge in [0, 0.05) is 19.5 Å². The molecule has 1 aromatic carbocycles. The second-order valence-electron chi connectivity index (χ2n) is 5.83. The predicted octanol–water partition coefficient (Wildman–Crippen LogP) is 1.36. The highest BCUT2D eigenvalue weighted by molar-refractivity contribution is 6.32. The van der Waals surface area contributed by atoms with Gasteiger partial charge in [0.05, 0.1) is 5.02 Å². The van der Waals surface area contributed by atoms with Crippen molar-refractivity contribution in [1.82, 2.24) is 10.2 Å². The van der Waals surface area contributed by atoms with E-state index in [1.807, 2.05) is 5.32 Å². The van der Waals surface area contributed by atoms with Crippen molar-refractivity contribution in [2.75, 3.05) is 13.1 Å². The summed E-state index contributed by atoms with van der Waals surface area (Å²) in [6.07, 6.45) is -5.04. The number of benzene rings is 1. The van der Waals surface area contributed by atoms with Gasteiger partial charge >= 0.3 is 12.3 Å². The van der Waals surface area contributed by atoms with E-state index in [-0.39, 0.29) is 24.5 Å². The van der Waals surface area contributed by atoms with Crippen molar-refractivity contribution in [3.8, 4) is 5.75 Å². The summed E-state index contributed by atoms with van der Waals surface area (Å²) in [5.74, 6) is -6.10. The number of nitrogens with zero attached hydrogens (tertiary/aromatic N) is 1. The van der Waals surface area contributed by atoms with E-state index in [0.717, 1.165) is 6.07 Å². The zero-order valence-corrected chi connectivity index (χ0v) is 14.8.